The highest BCUT2D eigenvalue weighted by Gasteiger charge is 2.23. The molecule has 0 saturated carbocycles. The van der Waals surface area contributed by atoms with Gasteiger partial charge in [0, 0.05) is 34.1 Å². The number of fused-ring (bicyclic) bond motifs is 3. The SMILES string of the molecule is CS(=O)(=O)c1cccc(-n2c(=O)c3c(c4cccnc42)SCC3)c1. The zero-order valence-electron chi connectivity index (χ0n) is 12.9. The van der Waals surface area contributed by atoms with Crippen LogP contribution in [-0.2, 0) is 16.3 Å². The van der Waals surface area contributed by atoms with Crippen LogP contribution in [0.4, 0.5) is 0 Å². The maximum Gasteiger partial charge on any atom is 0.261 e. The predicted octanol–water partition coefficient (Wildman–Crippen LogP) is 2.44. The molecular formula is C17H14N2O3S2. The van der Waals surface area contributed by atoms with Gasteiger partial charge in [-0.2, -0.15) is 0 Å². The Morgan fingerprint density at radius 1 is 1.21 bits per heavy atom. The lowest BCUT2D eigenvalue weighted by molar-refractivity contribution is 0.602. The molecule has 2 aromatic heterocycles. The van der Waals surface area contributed by atoms with Crippen molar-refractivity contribution in [2.24, 2.45) is 0 Å². The summed E-state index contributed by atoms with van der Waals surface area (Å²) in [6.07, 6.45) is 3.52. The van der Waals surface area contributed by atoms with E-state index in [-0.39, 0.29) is 10.5 Å². The van der Waals surface area contributed by atoms with E-state index in [0.29, 0.717) is 11.3 Å². The second-order valence-corrected chi connectivity index (χ2v) is 8.81. The van der Waals surface area contributed by atoms with Crippen LogP contribution in [0.5, 0.6) is 0 Å². The molecular weight excluding hydrogens is 344 g/mol. The lowest BCUT2D eigenvalue weighted by Gasteiger charge is -2.13. The first kappa shape index (κ1) is 15.4. The van der Waals surface area contributed by atoms with Crippen LogP contribution < -0.4 is 5.56 Å². The van der Waals surface area contributed by atoms with Gasteiger partial charge in [0.1, 0.15) is 5.65 Å². The van der Waals surface area contributed by atoms with E-state index in [2.05, 4.69) is 4.98 Å². The molecule has 5 nitrogen and oxygen atoms in total. The summed E-state index contributed by atoms with van der Waals surface area (Å²) in [6, 6.07) is 10.2. The van der Waals surface area contributed by atoms with Crippen LogP contribution in [0.15, 0.2) is 57.2 Å². The lowest BCUT2D eigenvalue weighted by Crippen LogP contribution is -2.23. The Kier molecular flexibility index (Phi) is 3.51. The summed E-state index contributed by atoms with van der Waals surface area (Å²) in [7, 11) is -3.35. The summed E-state index contributed by atoms with van der Waals surface area (Å²) in [6.45, 7) is 0. The van der Waals surface area contributed by atoms with Crippen molar-refractivity contribution in [2.75, 3.05) is 12.0 Å². The Bertz CT molecular complexity index is 1130. The molecule has 122 valence electrons. The van der Waals surface area contributed by atoms with Crippen molar-refractivity contribution < 1.29 is 8.42 Å². The normalized spacial score (nSPS) is 14.0. The van der Waals surface area contributed by atoms with Gasteiger partial charge in [0.2, 0.25) is 0 Å². The Morgan fingerprint density at radius 3 is 2.83 bits per heavy atom. The quantitative estimate of drug-likeness (QED) is 0.704. The zero-order chi connectivity index (χ0) is 16.9. The van der Waals surface area contributed by atoms with Gasteiger partial charge < -0.3 is 0 Å². The molecule has 0 aliphatic carbocycles. The molecule has 0 saturated heterocycles. The highest BCUT2D eigenvalue weighted by Crippen LogP contribution is 2.35. The van der Waals surface area contributed by atoms with Gasteiger partial charge in [0.25, 0.3) is 5.56 Å². The second kappa shape index (κ2) is 5.46. The van der Waals surface area contributed by atoms with E-state index in [1.54, 1.807) is 30.1 Å². The van der Waals surface area contributed by atoms with Crippen molar-refractivity contribution in [1.29, 1.82) is 0 Å². The van der Waals surface area contributed by atoms with E-state index in [1.165, 1.54) is 16.7 Å². The van der Waals surface area contributed by atoms with Gasteiger partial charge in [0.15, 0.2) is 9.84 Å². The third kappa shape index (κ3) is 2.35. The number of nitrogens with zero attached hydrogens (tertiary/aromatic N) is 2. The molecule has 0 unspecified atom stereocenters. The monoisotopic (exact) mass is 358 g/mol. The van der Waals surface area contributed by atoms with Crippen molar-refractivity contribution in [3.63, 3.8) is 0 Å². The van der Waals surface area contributed by atoms with Crippen molar-refractivity contribution >= 4 is 32.6 Å². The van der Waals surface area contributed by atoms with E-state index in [9.17, 15) is 13.2 Å². The summed E-state index contributed by atoms with van der Waals surface area (Å²) in [4.78, 5) is 18.6. The van der Waals surface area contributed by atoms with Crippen molar-refractivity contribution in [3.8, 4) is 5.69 Å². The van der Waals surface area contributed by atoms with E-state index in [1.807, 2.05) is 12.1 Å². The average molecular weight is 358 g/mol. The highest BCUT2D eigenvalue weighted by atomic mass is 32.2. The fourth-order valence-electron chi connectivity index (χ4n) is 2.98. The first-order valence-electron chi connectivity index (χ1n) is 7.43. The fourth-order valence-corrected chi connectivity index (χ4v) is 4.83. The maximum atomic E-state index is 13.0. The molecule has 0 bridgehead atoms. The Balaban J connectivity index is 2.11. The second-order valence-electron chi connectivity index (χ2n) is 5.69. The number of benzene rings is 1. The molecule has 0 amide bonds. The highest BCUT2D eigenvalue weighted by molar-refractivity contribution is 7.99. The van der Waals surface area contributed by atoms with E-state index >= 15 is 0 Å². The van der Waals surface area contributed by atoms with Crippen LogP contribution in [0, 0.1) is 0 Å². The van der Waals surface area contributed by atoms with Gasteiger partial charge in [-0.05, 0) is 36.8 Å². The molecule has 0 fully saturated rings. The van der Waals surface area contributed by atoms with Crippen LogP contribution >= 0.6 is 11.8 Å². The van der Waals surface area contributed by atoms with Crippen LogP contribution in [0.3, 0.4) is 0 Å². The molecule has 1 aliphatic heterocycles. The molecule has 7 heteroatoms. The van der Waals surface area contributed by atoms with Crippen molar-refractivity contribution in [1.82, 2.24) is 9.55 Å². The molecule has 1 aliphatic rings. The minimum Gasteiger partial charge on any atom is -0.269 e. The van der Waals surface area contributed by atoms with Gasteiger partial charge in [-0.1, -0.05) is 6.07 Å². The van der Waals surface area contributed by atoms with Gasteiger partial charge in [0.05, 0.1) is 10.6 Å². The van der Waals surface area contributed by atoms with E-state index in [0.717, 1.165) is 34.3 Å². The van der Waals surface area contributed by atoms with Crippen molar-refractivity contribution in [3.05, 3.63) is 58.5 Å². The topological polar surface area (TPSA) is 69.0 Å². The number of rotatable bonds is 2. The Labute approximate surface area is 143 Å². The molecule has 1 aromatic carbocycles. The molecule has 3 heterocycles. The minimum absolute atomic E-state index is 0.119. The fraction of sp³-hybridized carbons (Fsp3) is 0.176. The van der Waals surface area contributed by atoms with Gasteiger partial charge in [-0.3, -0.25) is 9.36 Å². The molecule has 0 spiro atoms. The lowest BCUT2D eigenvalue weighted by atomic mass is 10.1. The third-order valence-electron chi connectivity index (χ3n) is 4.08. The summed E-state index contributed by atoms with van der Waals surface area (Å²) in [5.41, 5.74) is 1.74. The number of hydrogen-bond donors (Lipinski definition) is 0. The van der Waals surface area contributed by atoms with Crippen LogP contribution in [0.25, 0.3) is 16.7 Å². The first-order chi connectivity index (χ1) is 11.5. The Morgan fingerprint density at radius 2 is 2.04 bits per heavy atom. The number of aromatic nitrogens is 2. The van der Waals surface area contributed by atoms with Crippen molar-refractivity contribution in [2.45, 2.75) is 16.2 Å². The number of thioether (sulfide) groups is 1. The average Bonchev–Trinajstić information content (AvgIpc) is 3.05. The number of hydrogen-bond acceptors (Lipinski definition) is 5. The summed E-state index contributed by atoms with van der Waals surface area (Å²) in [5, 5.41) is 0.930. The molecule has 0 atom stereocenters. The van der Waals surface area contributed by atoms with Crippen LogP contribution in [-0.4, -0.2) is 30.0 Å². The molecule has 0 N–H and O–H groups in total. The largest absolute Gasteiger partial charge is 0.269 e. The van der Waals surface area contributed by atoms with Gasteiger partial charge in [-0.15, -0.1) is 11.8 Å². The summed E-state index contributed by atoms with van der Waals surface area (Å²) >= 11 is 1.67. The van der Waals surface area contributed by atoms with Crippen LogP contribution in [0.1, 0.15) is 5.56 Å². The number of pyridine rings is 2. The number of sulfone groups is 1. The maximum absolute atomic E-state index is 13.0. The van der Waals surface area contributed by atoms with Gasteiger partial charge in [-0.25, -0.2) is 13.4 Å². The standard InChI is InChI=1S/C17H14N2O3S2/c1-24(21,22)12-5-2-4-11(10-12)19-16-13(6-3-8-18-16)15-14(17(19)20)7-9-23-15/h2-6,8,10H,7,9H2,1H3. The first-order valence-corrected chi connectivity index (χ1v) is 10.3. The van der Waals surface area contributed by atoms with E-state index < -0.39 is 9.84 Å². The summed E-state index contributed by atoms with van der Waals surface area (Å²) in [5.74, 6) is 0.877. The smallest absolute Gasteiger partial charge is 0.261 e. The molecule has 4 rings (SSSR count). The third-order valence-corrected chi connectivity index (χ3v) is 6.35. The minimum atomic E-state index is -3.35. The molecule has 0 radical (unpaired) electrons. The van der Waals surface area contributed by atoms with E-state index in [4.69, 9.17) is 0 Å². The van der Waals surface area contributed by atoms with Gasteiger partial charge >= 0.3 is 0 Å². The zero-order valence-corrected chi connectivity index (χ0v) is 14.5. The Hall–Kier alpha value is -2.12. The van der Waals surface area contributed by atoms with Crippen LogP contribution in [0.2, 0.25) is 0 Å². The summed E-state index contributed by atoms with van der Waals surface area (Å²) < 4.78 is 25.2. The molecule has 3 aromatic rings. The molecule has 24 heavy (non-hydrogen) atoms. The predicted molar refractivity (Wildman–Crippen MR) is 94.9 cm³/mol.